The average molecular weight is 469 g/mol. The van der Waals surface area contributed by atoms with Crippen molar-refractivity contribution in [2.45, 2.75) is 32.2 Å². The van der Waals surface area contributed by atoms with Crippen LogP contribution >= 0.6 is 0 Å². The summed E-state index contributed by atoms with van der Waals surface area (Å²) in [7, 11) is 0. The first-order chi connectivity index (χ1) is 16.6. The van der Waals surface area contributed by atoms with Gasteiger partial charge in [0.2, 0.25) is 5.91 Å². The number of aryl methyl sites for hydroxylation is 1. The lowest BCUT2D eigenvalue weighted by Crippen LogP contribution is -2.57. The summed E-state index contributed by atoms with van der Waals surface area (Å²) in [5.41, 5.74) is 1.51. The predicted molar refractivity (Wildman–Crippen MR) is 127 cm³/mol. The van der Waals surface area contributed by atoms with E-state index in [9.17, 15) is 14.4 Å². The molecular weight excluding hydrogens is 436 g/mol. The maximum Gasteiger partial charge on any atom is 0.308 e. The maximum absolute atomic E-state index is 13.3. The Morgan fingerprint density at radius 1 is 1.03 bits per heavy atom. The molecule has 0 bridgehead atoms. The van der Waals surface area contributed by atoms with Crippen LogP contribution in [0.15, 0.2) is 54.6 Å². The van der Waals surface area contributed by atoms with Gasteiger partial charge in [0.15, 0.2) is 0 Å². The highest BCUT2D eigenvalue weighted by Gasteiger charge is 2.36. The van der Waals surface area contributed by atoms with Gasteiger partial charge in [0.25, 0.3) is 5.91 Å². The molecule has 1 unspecified atom stereocenters. The molecule has 2 aromatic carbocycles. The van der Waals surface area contributed by atoms with Crippen molar-refractivity contribution >= 4 is 17.8 Å². The predicted octanol–water partition coefficient (Wildman–Crippen LogP) is 2.61. The molecule has 0 spiro atoms. The Morgan fingerprint density at radius 3 is 2.59 bits per heavy atom. The van der Waals surface area contributed by atoms with E-state index < -0.39 is 12.0 Å². The fraction of sp³-hybridized carbons (Fsp3) is 0.423. The van der Waals surface area contributed by atoms with Crippen LogP contribution in [0.1, 0.15) is 35.7 Å². The zero-order valence-electron chi connectivity index (χ0n) is 19.5. The molecule has 1 fully saturated rings. The van der Waals surface area contributed by atoms with Crippen LogP contribution in [0.3, 0.4) is 0 Å². The van der Waals surface area contributed by atoms with E-state index in [1.165, 1.54) is 10.5 Å². The number of piperazine rings is 1. The lowest BCUT2D eigenvalue weighted by Gasteiger charge is -2.34. The molecule has 182 valence electrons. The highest BCUT2D eigenvalue weighted by atomic mass is 16.5. The second-order valence-electron chi connectivity index (χ2n) is 7.86. The van der Waals surface area contributed by atoms with Gasteiger partial charge in [-0.15, -0.1) is 0 Å². The Balaban J connectivity index is 1.58. The van der Waals surface area contributed by atoms with Crippen LogP contribution in [0.25, 0.3) is 0 Å². The smallest absolute Gasteiger partial charge is 0.308 e. The lowest BCUT2D eigenvalue weighted by molar-refractivity contribution is -0.147. The topological polar surface area (TPSA) is 94.2 Å². The van der Waals surface area contributed by atoms with Crippen molar-refractivity contribution in [2.24, 2.45) is 0 Å². The molecule has 1 atom stereocenters. The molecule has 0 radical (unpaired) electrons. The molecule has 8 nitrogen and oxygen atoms in total. The van der Waals surface area contributed by atoms with Crippen molar-refractivity contribution in [1.82, 2.24) is 10.2 Å². The molecule has 1 aliphatic heterocycles. The van der Waals surface area contributed by atoms with Crippen molar-refractivity contribution in [1.29, 1.82) is 0 Å². The van der Waals surface area contributed by atoms with Crippen LogP contribution in [0.4, 0.5) is 0 Å². The normalized spacial score (nSPS) is 15.5. The molecule has 3 rings (SSSR count). The van der Waals surface area contributed by atoms with Gasteiger partial charge in [-0.25, -0.2) is 0 Å². The maximum atomic E-state index is 13.3. The van der Waals surface area contributed by atoms with E-state index >= 15 is 0 Å². The molecule has 2 amide bonds. The number of hydrogen-bond acceptors (Lipinski definition) is 6. The van der Waals surface area contributed by atoms with Crippen molar-refractivity contribution in [3.8, 4) is 5.75 Å². The molecule has 1 aliphatic rings. The number of carbonyl (C=O) groups is 3. The third kappa shape index (κ3) is 7.31. The van der Waals surface area contributed by atoms with Crippen LogP contribution in [0.2, 0.25) is 0 Å². The molecule has 8 heteroatoms. The van der Waals surface area contributed by atoms with Crippen molar-refractivity contribution in [3.63, 3.8) is 0 Å². The van der Waals surface area contributed by atoms with Crippen molar-refractivity contribution in [2.75, 3.05) is 39.5 Å². The zero-order valence-corrected chi connectivity index (χ0v) is 19.5. The zero-order chi connectivity index (χ0) is 24.2. The quantitative estimate of drug-likeness (QED) is 0.380. The summed E-state index contributed by atoms with van der Waals surface area (Å²) in [6, 6.07) is 15.9. The summed E-state index contributed by atoms with van der Waals surface area (Å²) in [5, 5.41) is 2.74. The third-order valence-electron chi connectivity index (χ3n) is 5.47. The van der Waals surface area contributed by atoms with Crippen molar-refractivity contribution < 1.29 is 28.6 Å². The minimum absolute atomic E-state index is 0.198. The highest BCUT2D eigenvalue weighted by Crippen LogP contribution is 2.23. The Labute approximate surface area is 200 Å². The van der Waals surface area contributed by atoms with E-state index in [1.54, 1.807) is 24.3 Å². The molecule has 2 aromatic rings. The van der Waals surface area contributed by atoms with E-state index in [2.05, 4.69) is 5.32 Å². The van der Waals surface area contributed by atoms with E-state index in [-0.39, 0.29) is 24.8 Å². The molecule has 0 saturated carbocycles. The molecule has 1 N–H and O–H groups in total. The molecule has 1 heterocycles. The average Bonchev–Trinajstić information content (AvgIpc) is 2.86. The summed E-state index contributed by atoms with van der Waals surface area (Å²) in [6.07, 6.45) is 1.28. The summed E-state index contributed by atoms with van der Waals surface area (Å²) in [6.45, 7) is 4.06. The van der Waals surface area contributed by atoms with Gasteiger partial charge in [-0.3, -0.25) is 14.4 Å². The number of carbonyl (C=O) groups excluding carboxylic acids is 3. The molecule has 1 saturated heterocycles. The second kappa shape index (κ2) is 13.3. The van der Waals surface area contributed by atoms with Gasteiger partial charge >= 0.3 is 5.97 Å². The summed E-state index contributed by atoms with van der Waals surface area (Å²) in [5.74, 6) is -0.811. The van der Waals surface area contributed by atoms with Gasteiger partial charge in [0.1, 0.15) is 18.4 Å². The monoisotopic (exact) mass is 468 g/mol. The first kappa shape index (κ1) is 25.2. The number of ether oxygens (including phenoxy) is 3. The summed E-state index contributed by atoms with van der Waals surface area (Å²) < 4.78 is 16.4. The highest BCUT2D eigenvalue weighted by molar-refractivity contribution is 6.01. The van der Waals surface area contributed by atoms with Gasteiger partial charge in [0, 0.05) is 19.7 Å². The number of para-hydroxylation sites is 1. The first-order valence-corrected chi connectivity index (χ1v) is 11.7. The number of hydrogen-bond donors (Lipinski definition) is 1. The molecule has 34 heavy (non-hydrogen) atoms. The van der Waals surface area contributed by atoms with Crippen molar-refractivity contribution in [3.05, 3.63) is 65.7 Å². The van der Waals surface area contributed by atoms with Crippen LogP contribution < -0.4 is 10.1 Å². The number of nitrogens with zero attached hydrogens (tertiary/aromatic N) is 1. The van der Waals surface area contributed by atoms with E-state index in [1.807, 2.05) is 37.3 Å². The molecule has 0 aromatic heterocycles. The van der Waals surface area contributed by atoms with Crippen LogP contribution in [0.5, 0.6) is 5.75 Å². The van der Waals surface area contributed by atoms with Crippen LogP contribution in [-0.4, -0.2) is 68.2 Å². The van der Waals surface area contributed by atoms with Gasteiger partial charge in [-0.2, -0.15) is 0 Å². The Morgan fingerprint density at radius 2 is 1.79 bits per heavy atom. The van der Waals surface area contributed by atoms with Gasteiger partial charge in [-0.1, -0.05) is 42.5 Å². The SMILES string of the molecule is CCOCCOc1ccccc1C(=O)N1CCNC(=O)C1CC(=O)OCCCc1ccccc1. The van der Waals surface area contributed by atoms with Crippen LogP contribution in [-0.2, 0) is 25.5 Å². The number of nitrogens with one attached hydrogen (secondary N) is 1. The van der Waals surface area contributed by atoms with Crippen LogP contribution in [0, 0.1) is 0 Å². The number of rotatable bonds is 12. The number of benzene rings is 2. The summed E-state index contributed by atoms with van der Waals surface area (Å²) >= 11 is 0. The van der Waals surface area contributed by atoms with Gasteiger partial charge < -0.3 is 24.4 Å². The second-order valence-corrected chi connectivity index (χ2v) is 7.86. The standard InChI is InChI=1S/C26H32N2O6/c1-2-32-17-18-33-23-13-7-6-12-21(23)26(31)28-15-14-27-25(30)22(28)19-24(29)34-16-8-11-20-9-4-3-5-10-20/h3-7,9-10,12-13,22H,2,8,11,14-19H2,1H3,(H,27,30). The Bertz CT molecular complexity index is 949. The fourth-order valence-corrected chi connectivity index (χ4v) is 3.76. The first-order valence-electron chi connectivity index (χ1n) is 11.7. The Hall–Kier alpha value is -3.39. The van der Waals surface area contributed by atoms with Gasteiger partial charge in [-0.05, 0) is 37.5 Å². The van der Waals surface area contributed by atoms with E-state index in [4.69, 9.17) is 14.2 Å². The number of amides is 2. The van der Waals surface area contributed by atoms with E-state index in [0.717, 1.165) is 6.42 Å². The minimum Gasteiger partial charge on any atom is -0.490 e. The summed E-state index contributed by atoms with van der Waals surface area (Å²) in [4.78, 5) is 39.8. The fourth-order valence-electron chi connectivity index (χ4n) is 3.76. The largest absolute Gasteiger partial charge is 0.490 e. The lowest BCUT2D eigenvalue weighted by atomic mass is 10.1. The number of esters is 1. The Kier molecular flexibility index (Phi) is 9.91. The van der Waals surface area contributed by atoms with Gasteiger partial charge in [0.05, 0.1) is 25.2 Å². The molecule has 0 aliphatic carbocycles. The van der Waals surface area contributed by atoms with E-state index in [0.29, 0.717) is 50.6 Å². The molecular formula is C26H32N2O6. The minimum atomic E-state index is -0.931. The third-order valence-corrected chi connectivity index (χ3v) is 5.47.